The van der Waals surface area contributed by atoms with Crippen molar-refractivity contribution in [1.29, 1.82) is 5.26 Å². The van der Waals surface area contributed by atoms with Crippen molar-refractivity contribution in [3.8, 4) is 6.07 Å². The highest BCUT2D eigenvalue weighted by Crippen LogP contribution is 2.20. The highest BCUT2D eigenvalue weighted by atomic mass is 16.2. The van der Waals surface area contributed by atoms with Gasteiger partial charge in [-0.15, -0.1) is 0 Å². The molecule has 0 atom stereocenters. The minimum Gasteiger partial charge on any atom is -0.384 e. The Kier molecular flexibility index (Phi) is 4.52. The Balaban J connectivity index is 2.25. The van der Waals surface area contributed by atoms with Gasteiger partial charge in [0.2, 0.25) is 0 Å². The Bertz CT molecular complexity index is 673. The van der Waals surface area contributed by atoms with Crippen LogP contribution >= 0.6 is 0 Å². The molecule has 1 heterocycles. The summed E-state index contributed by atoms with van der Waals surface area (Å²) in [4.78, 5) is 18.0. The Morgan fingerprint density at radius 3 is 2.71 bits per heavy atom. The van der Waals surface area contributed by atoms with Crippen LogP contribution in [0.25, 0.3) is 0 Å². The van der Waals surface area contributed by atoms with E-state index >= 15 is 0 Å². The standard InChI is InChI=1S/C16H16N4O/c1-3-18-13-8-9-14(19-11-13)16(21)20(2)15-7-5-4-6-12(15)10-17/h4-9,11,18H,3H2,1-2H3. The van der Waals surface area contributed by atoms with E-state index in [0.29, 0.717) is 16.9 Å². The first-order valence-electron chi connectivity index (χ1n) is 6.64. The third-order valence-electron chi connectivity index (χ3n) is 3.05. The summed E-state index contributed by atoms with van der Waals surface area (Å²) < 4.78 is 0. The molecule has 1 N–H and O–H groups in total. The number of carbonyl (C=O) groups is 1. The van der Waals surface area contributed by atoms with E-state index in [1.54, 1.807) is 43.6 Å². The molecular formula is C16H16N4O. The number of rotatable bonds is 4. The molecule has 0 aliphatic rings. The van der Waals surface area contributed by atoms with Gasteiger partial charge in [0.25, 0.3) is 5.91 Å². The van der Waals surface area contributed by atoms with Gasteiger partial charge in [0.1, 0.15) is 11.8 Å². The number of hydrogen-bond donors (Lipinski definition) is 1. The molecule has 0 unspecified atom stereocenters. The molecule has 106 valence electrons. The van der Waals surface area contributed by atoms with E-state index in [0.717, 1.165) is 12.2 Å². The van der Waals surface area contributed by atoms with Crippen molar-refractivity contribution in [2.45, 2.75) is 6.92 Å². The topological polar surface area (TPSA) is 69.0 Å². The Morgan fingerprint density at radius 1 is 1.33 bits per heavy atom. The summed E-state index contributed by atoms with van der Waals surface area (Å²) in [6.45, 7) is 2.79. The van der Waals surface area contributed by atoms with Gasteiger partial charge in [-0.3, -0.25) is 4.79 Å². The molecule has 0 saturated carbocycles. The number of para-hydroxylation sites is 1. The second-order valence-corrected chi connectivity index (χ2v) is 4.46. The van der Waals surface area contributed by atoms with Gasteiger partial charge in [-0.1, -0.05) is 12.1 Å². The molecular weight excluding hydrogens is 264 g/mol. The minimum atomic E-state index is -0.249. The van der Waals surface area contributed by atoms with E-state index < -0.39 is 0 Å². The lowest BCUT2D eigenvalue weighted by atomic mass is 10.1. The Labute approximate surface area is 123 Å². The number of amides is 1. The van der Waals surface area contributed by atoms with Gasteiger partial charge in [-0.25, -0.2) is 4.98 Å². The third-order valence-corrected chi connectivity index (χ3v) is 3.05. The largest absolute Gasteiger partial charge is 0.384 e. The Hall–Kier alpha value is -2.87. The Morgan fingerprint density at radius 2 is 2.10 bits per heavy atom. The summed E-state index contributed by atoms with van der Waals surface area (Å²) in [5.74, 6) is -0.249. The van der Waals surface area contributed by atoms with Gasteiger partial charge < -0.3 is 10.2 Å². The highest BCUT2D eigenvalue weighted by Gasteiger charge is 2.17. The van der Waals surface area contributed by atoms with Gasteiger partial charge in [-0.05, 0) is 31.2 Å². The van der Waals surface area contributed by atoms with Crippen LogP contribution in [-0.4, -0.2) is 24.5 Å². The van der Waals surface area contributed by atoms with Crippen molar-refractivity contribution in [2.24, 2.45) is 0 Å². The average Bonchev–Trinajstić information content (AvgIpc) is 2.54. The third kappa shape index (κ3) is 3.18. The van der Waals surface area contributed by atoms with Crippen molar-refractivity contribution in [1.82, 2.24) is 4.98 Å². The monoisotopic (exact) mass is 280 g/mol. The molecule has 0 fully saturated rings. The summed E-state index contributed by atoms with van der Waals surface area (Å²) >= 11 is 0. The van der Waals surface area contributed by atoms with Crippen LogP contribution in [0, 0.1) is 11.3 Å². The van der Waals surface area contributed by atoms with Crippen molar-refractivity contribution in [3.63, 3.8) is 0 Å². The smallest absolute Gasteiger partial charge is 0.276 e. The van der Waals surface area contributed by atoms with Gasteiger partial charge >= 0.3 is 0 Å². The van der Waals surface area contributed by atoms with Crippen LogP contribution in [0.3, 0.4) is 0 Å². The van der Waals surface area contributed by atoms with Crippen LogP contribution in [-0.2, 0) is 0 Å². The van der Waals surface area contributed by atoms with E-state index in [9.17, 15) is 4.79 Å². The van der Waals surface area contributed by atoms with Crippen LogP contribution < -0.4 is 10.2 Å². The van der Waals surface area contributed by atoms with Crippen LogP contribution in [0.1, 0.15) is 23.0 Å². The normalized spacial score (nSPS) is 9.76. The van der Waals surface area contributed by atoms with Crippen LogP contribution in [0.5, 0.6) is 0 Å². The minimum absolute atomic E-state index is 0.249. The molecule has 0 bridgehead atoms. The zero-order valence-electron chi connectivity index (χ0n) is 12.0. The van der Waals surface area contributed by atoms with Crippen LogP contribution in [0.4, 0.5) is 11.4 Å². The first-order chi connectivity index (χ1) is 10.2. The summed E-state index contributed by atoms with van der Waals surface area (Å²) in [6, 6.07) is 12.6. The predicted octanol–water partition coefficient (Wildman–Crippen LogP) is 2.66. The first kappa shape index (κ1) is 14.5. The molecule has 0 aliphatic heterocycles. The van der Waals surface area contributed by atoms with Crippen molar-refractivity contribution >= 4 is 17.3 Å². The number of carbonyl (C=O) groups excluding carboxylic acids is 1. The van der Waals surface area contributed by atoms with E-state index in [1.165, 1.54) is 4.90 Å². The van der Waals surface area contributed by atoms with Crippen LogP contribution in [0.2, 0.25) is 0 Å². The maximum Gasteiger partial charge on any atom is 0.276 e. The number of pyridine rings is 1. The lowest BCUT2D eigenvalue weighted by molar-refractivity contribution is 0.0988. The van der Waals surface area contributed by atoms with Crippen LogP contribution in [0.15, 0.2) is 42.6 Å². The first-order valence-corrected chi connectivity index (χ1v) is 6.64. The number of nitrogens with one attached hydrogen (secondary N) is 1. The quantitative estimate of drug-likeness (QED) is 0.934. The molecule has 0 radical (unpaired) electrons. The van der Waals surface area contributed by atoms with Gasteiger partial charge in [0.15, 0.2) is 0 Å². The SMILES string of the molecule is CCNc1ccc(C(=O)N(C)c2ccccc2C#N)nc1. The highest BCUT2D eigenvalue weighted by molar-refractivity contribution is 6.05. The number of nitrogens with zero attached hydrogens (tertiary/aromatic N) is 3. The van der Waals surface area contributed by atoms with E-state index in [-0.39, 0.29) is 5.91 Å². The summed E-state index contributed by atoms with van der Waals surface area (Å²) in [5, 5.41) is 12.2. The fourth-order valence-corrected chi connectivity index (χ4v) is 1.97. The van der Waals surface area contributed by atoms with E-state index in [1.807, 2.05) is 13.0 Å². The fourth-order valence-electron chi connectivity index (χ4n) is 1.97. The van der Waals surface area contributed by atoms with Crippen molar-refractivity contribution in [3.05, 3.63) is 53.9 Å². The average molecular weight is 280 g/mol. The zero-order chi connectivity index (χ0) is 15.2. The van der Waals surface area contributed by atoms with Crippen molar-refractivity contribution < 1.29 is 4.79 Å². The molecule has 5 heteroatoms. The second-order valence-electron chi connectivity index (χ2n) is 4.46. The van der Waals surface area contributed by atoms with E-state index in [2.05, 4.69) is 16.4 Å². The molecule has 0 spiro atoms. The molecule has 1 aromatic heterocycles. The molecule has 0 aliphatic carbocycles. The van der Waals surface area contributed by atoms with Gasteiger partial charge in [-0.2, -0.15) is 5.26 Å². The number of nitriles is 1. The molecule has 2 aromatic rings. The lowest BCUT2D eigenvalue weighted by Crippen LogP contribution is -2.27. The molecule has 5 nitrogen and oxygen atoms in total. The predicted molar refractivity (Wildman–Crippen MR) is 82.3 cm³/mol. The zero-order valence-corrected chi connectivity index (χ0v) is 12.0. The summed E-state index contributed by atoms with van der Waals surface area (Å²) in [7, 11) is 1.64. The fraction of sp³-hybridized carbons (Fsp3) is 0.188. The molecule has 2 rings (SSSR count). The van der Waals surface area contributed by atoms with Gasteiger partial charge in [0, 0.05) is 13.6 Å². The maximum absolute atomic E-state index is 12.4. The summed E-state index contributed by atoms with van der Waals surface area (Å²) in [5.41, 5.74) is 2.24. The lowest BCUT2D eigenvalue weighted by Gasteiger charge is -2.18. The summed E-state index contributed by atoms with van der Waals surface area (Å²) in [6.07, 6.45) is 1.63. The number of anilines is 2. The molecule has 1 amide bonds. The second kappa shape index (κ2) is 6.53. The molecule has 0 saturated heterocycles. The van der Waals surface area contributed by atoms with Crippen molar-refractivity contribution in [2.75, 3.05) is 23.8 Å². The number of benzene rings is 1. The molecule has 21 heavy (non-hydrogen) atoms. The van der Waals surface area contributed by atoms with Gasteiger partial charge in [0.05, 0.1) is 23.1 Å². The molecule has 1 aromatic carbocycles. The maximum atomic E-state index is 12.4. The number of aromatic nitrogens is 1. The van der Waals surface area contributed by atoms with E-state index in [4.69, 9.17) is 5.26 Å². The number of hydrogen-bond acceptors (Lipinski definition) is 4.